The molecule has 4 nitrogen and oxygen atoms in total. The van der Waals surface area contributed by atoms with Crippen LogP contribution in [0.15, 0.2) is 36.4 Å². The van der Waals surface area contributed by atoms with E-state index in [9.17, 15) is 5.11 Å². The molecular weight excluding hydrogens is 230 g/mol. The van der Waals surface area contributed by atoms with Crippen LogP contribution in [0.5, 0.6) is 17.2 Å². The van der Waals surface area contributed by atoms with Crippen LogP contribution in [0.3, 0.4) is 0 Å². The molecular formula is C14H9NO3. The van der Waals surface area contributed by atoms with Crippen molar-refractivity contribution in [3.05, 3.63) is 42.0 Å². The van der Waals surface area contributed by atoms with Crippen molar-refractivity contribution in [3.8, 4) is 34.4 Å². The molecule has 1 aliphatic heterocycles. The first-order valence-electron chi connectivity index (χ1n) is 5.40. The summed E-state index contributed by atoms with van der Waals surface area (Å²) in [4.78, 5) is 0. The second-order valence-electron chi connectivity index (χ2n) is 3.95. The monoisotopic (exact) mass is 239 g/mol. The van der Waals surface area contributed by atoms with E-state index in [1.165, 1.54) is 6.07 Å². The highest BCUT2D eigenvalue weighted by Gasteiger charge is 2.14. The molecule has 88 valence electrons. The quantitative estimate of drug-likeness (QED) is 0.831. The maximum atomic E-state index is 9.57. The Hall–Kier alpha value is -2.67. The number of nitriles is 1. The molecule has 0 amide bonds. The summed E-state index contributed by atoms with van der Waals surface area (Å²) >= 11 is 0. The minimum atomic E-state index is 0.0710. The van der Waals surface area contributed by atoms with Crippen LogP contribution in [-0.2, 0) is 0 Å². The van der Waals surface area contributed by atoms with Gasteiger partial charge in [-0.3, -0.25) is 0 Å². The lowest BCUT2D eigenvalue weighted by Gasteiger charge is -2.05. The van der Waals surface area contributed by atoms with Crippen LogP contribution in [0.4, 0.5) is 0 Å². The third kappa shape index (κ3) is 1.72. The van der Waals surface area contributed by atoms with E-state index in [1.807, 2.05) is 24.3 Å². The van der Waals surface area contributed by atoms with Crippen LogP contribution in [0.25, 0.3) is 11.1 Å². The van der Waals surface area contributed by atoms with Gasteiger partial charge in [0, 0.05) is 0 Å². The van der Waals surface area contributed by atoms with Crippen molar-refractivity contribution < 1.29 is 14.6 Å². The molecule has 0 aliphatic carbocycles. The van der Waals surface area contributed by atoms with Crippen LogP contribution >= 0.6 is 0 Å². The van der Waals surface area contributed by atoms with E-state index in [1.54, 1.807) is 12.1 Å². The van der Waals surface area contributed by atoms with Crippen LogP contribution < -0.4 is 9.47 Å². The van der Waals surface area contributed by atoms with Crippen LogP contribution in [0, 0.1) is 11.3 Å². The molecule has 1 N–H and O–H groups in total. The fourth-order valence-corrected chi connectivity index (χ4v) is 1.92. The first-order chi connectivity index (χ1) is 8.76. The largest absolute Gasteiger partial charge is 0.508 e. The zero-order chi connectivity index (χ0) is 12.5. The number of fused-ring (bicyclic) bond motifs is 1. The van der Waals surface area contributed by atoms with Crippen molar-refractivity contribution in [1.82, 2.24) is 0 Å². The lowest BCUT2D eigenvalue weighted by Crippen LogP contribution is -1.92. The van der Waals surface area contributed by atoms with Crippen LogP contribution in [0.2, 0.25) is 0 Å². The van der Waals surface area contributed by atoms with Crippen molar-refractivity contribution in [3.63, 3.8) is 0 Å². The second kappa shape index (κ2) is 3.97. The van der Waals surface area contributed by atoms with Crippen LogP contribution in [-0.4, -0.2) is 11.9 Å². The Morgan fingerprint density at radius 3 is 2.67 bits per heavy atom. The highest BCUT2D eigenvalue weighted by atomic mass is 16.7. The van der Waals surface area contributed by atoms with E-state index in [2.05, 4.69) is 0 Å². The Kier molecular flexibility index (Phi) is 2.31. The second-order valence-corrected chi connectivity index (χ2v) is 3.95. The molecule has 1 heterocycles. The van der Waals surface area contributed by atoms with E-state index in [-0.39, 0.29) is 12.5 Å². The van der Waals surface area contributed by atoms with Gasteiger partial charge in [-0.25, -0.2) is 0 Å². The Balaban J connectivity index is 2.10. The van der Waals surface area contributed by atoms with Gasteiger partial charge in [0.25, 0.3) is 0 Å². The molecule has 2 aromatic carbocycles. The molecule has 0 aromatic heterocycles. The van der Waals surface area contributed by atoms with Crippen molar-refractivity contribution in [2.24, 2.45) is 0 Å². The minimum Gasteiger partial charge on any atom is -0.508 e. The van der Waals surface area contributed by atoms with Gasteiger partial charge in [0.05, 0.1) is 11.6 Å². The van der Waals surface area contributed by atoms with E-state index in [0.717, 1.165) is 11.1 Å². The van der Waals surface area contributed by atoms with E-state index < -0.39 is 0 Å². The molecule has 0 radical (unpaired) electrons. The zero-order valence-electron chi connectivity index (χ0n) is 9.38. The third-order valence-electron chi connectivity index (χ3n) is 2.75. The predicted molar refractivity (Wildman–Crippen MR) is 64.4 cm³/mol. The minimum absolute atomic E-state index is 0.0710. The number of phenols is 1. The molecule has 0 bridgehead atoms. The lowest BCUT2D eigenvalue weighted by atomic mass is 10.0. The topological polar surface area (TPSA) is 62.5 Å². The summed E-state index contributed by atoms with van der Waals surface area (Å²) in [7, 11) is 0. The van der Waals surface area contributed by atoms with Gasteiger partial charge in [0.1, 0.15) is 5.75 Å². The van der Waals surface area contributed by atoms with Gasteiger partial charge in [-0.1, -0.05) is 6.07 Å². The van der Waals surface area contributed by atoms with Gasteiger partial charge in [0.2, 0.25) is 6.79 Å². The Morgan fingerprint density at radius 1 is 1.00 bits per heavy atom. The summed E-state index contributed by atoms with van der Waals surface area (Å²) in [5.74, 6) is 1.45. The number of phenolic OH excluding ortho intramolecular Hbond substituents is 1. The molecule has 0 atom stereocenters. The number of benzene rings is 2. The first-order valence-corrected chi connectivity index (χ1v) is 5.40. The molecule has 0 unspecified atom stereocenters. The molecule has 0 saturated carbocycles. The standard InChI is InChI=1S/C14H9NO3/c15-7-9-3-11(5-12(16)4-9)10-1-2-13-14(6-10)18-8-17-13/h1-6,16H,8H2. The predicted octanol–water partition coefficient (Wildman–Crippen LogP) is 2.66. The Morgan fingerprint density at radius 2 is 1.83 bits per heavy atom. The summed E-state index contributed by atoms with van der Waals surface area (Å²) in [5, 5.41) is 18.5. The highest BCUT2D eigenvalue weighted by Crippen LogP contribution is 2.36. The third-order valence-corrected chi connectivity index (χ3v) is 2.75. The molecule has 0 spiro atoms. The average molecular weight is 239 g/mol. The molecule has 3 rings (SSSR count). The average Bonchev–Trinajstić information content (AvgIpc) is 2.85. The van der Waals surface area contributed by atoms with E-state index in [4.69, 9.17) is 14.7 Å². The molecule has 0 saturated heterocycles. The van der Waals surface area contributed by atoms with Crippen LogP contribution in [0.1, 0.15) is 5.56 Å². The normalized spacial score (nSPS) is 12.2. The summed E-state index contributed by atoms with van der Waals surface area (Å²) in [6.07, 6.45) is 0. The summed E-state index contributed by atoms with van der Waals surface area (Å²) in [6, 6.07) is 12.3. The van der Waals surface area contributed by atoms with Crippen molar-refractivity contribution >= 4 is 0 Å². The zero-order valence-corrected chi connectivity index (χ0v) is 9.38. The smallest absolute Gasteiger partial charge is 0.231 e. The number of aromatic hydroxyl groups is 1. The number of rotatable bonds is 1. The number of nitrogens with zero attached hydrogens (tertiary/aromatic N) is 1. The van der Waals surface area contributed by atoms with Crippen molar-refractivity contribution in [2.45, 2.75) is 0 Å². The summed E-state index contributed by atoms with van der Waals surface area (Å²) in [6.45, 7) is 0.224. The van der Waals surface area contributed by atoms with E-state index >= 15 is 0 Å². The molecule has 2 aromatic rings. The summed E-state index contributed by atoms with van der Waals surface area (Å²) in [5.41, 5.74) is 2.05. The lowest BCUT2D eigenvalue weighted by molar-refractivity contribution is 0.174. The SMILES string of the molecule is N#Cc1cc(O)cc(-c2ccc3c(c2)OCO3)c1. The number of hydrogen-bond acceptors (Lipinski definition) is 4. The Bertz CT molecular complexity index is 659. The van der Waals surface area contributed by atoms with Gasteiger partial charge in [-0.05, 0) is 41.5 Å². The van der Waals surface area contributed by atoms with Gasteiger partial charge in [0.15, 0.2) is 11.5 Å². The molecule has 4 heteroatoms. The first kappa shape index (κ1) is 10.5. The highest BCUT2D eigenvalue weighted by molar-refractivity contribution is 5.70. The molecule has 1 aliphatic rings. The molecule has 0 fully saturated rings. The molecule has 18 heavy (non-hydrogen) atoms. The fourth-order valence-electron chi connectivity index (χ4n) is 1.92. The Labute approximate surface area is 104 Å². The van der Waals surface area contributed by atoms with Crippen molar-refractivity contribution in [1.29, 1.82) is 5.26 Å². The number of ether oxygens (including phenoxy) is 2. The van der Waals surface area contributed by atoms with Gasteiger partial charge >= 0.3 is 0 Å². The van der Waals surface area contributed by atoms with Gasteiger partial charge < -0.3 is 14.6 Å². The number of hydrogen-bond donors (Lipinski definition) is 1. The van der Waals surface area contributed by atoms with Gasteiger partial charge in [-0.2, -0.15) is 5.26 Å². The maximum absolute atomic E-state index is 9.57. The van der Waals surface area contributed by atoms with Gasteiger partial charge in [-0.15, -0.1) is 0 Å². The van der Waals surface area contributed by atoms with E-state index in [0.29, 0.717) is 17.1 Å². The summed E-state index contributed by atoms with van der Waals surface area (Å²) < 4.78 is 10.5. The maximum Gasteiger partial charge on any atom is 0.231 e. The van der Waals surface area contributed by atoms with Crippen molar-refractivity contribution in [2.75, 3.05) is 6.79 Å². The fraction of sp³-hybridized carbons (Fsp3) is 0.0714.